The molecule has 1 rings (SSSR count). The van der Waals surface area contributed by atoms with E-state index in [1.807, 2.05) is 47.0 Å². The van der Waals surface area contributed by atoms with Crippen LogP contribution in [0.4, 0.5) is 11.5 Å². The highest BCUT2D eigenvalue weighted by Gasteiger charge is 2.16. The molecule has 3 N–H and O–H groups in total. The van der Waals surface area contributed by atoms with Crippen molar-refractivity contribution < 1.29 is 4.74 Å². The number of hydrogen-bond acceptors (Lipinski definition) is 5. The van der Waals surface area contributed by atoms with Crippen LogP contribution in [0.1, 0.15) is 27.7 Å². The van der Waals surface area contributed by atoms with Crippen molar-refractivity contribution in [2.75, 3.05) is 31.7 Å². The van der Waals surface area contributed by atoms with Gasteiger partial charge in [-0.25, -0.2) is 0 Å². The van der Waals surface area contributed by atoms with Crippen LogP contribution in [0.2, 0.25) is 0 Å². The highest BCUT2D eigenvalue weighted by atomic mass is 16.5. The highest BCUT2D eigenvalue weighted by molar-refractivity contribution is 5.54. The molecule has 1 atom stereocenters. The summed E-state index contributed by atoms with van der Waals surface area (Å²) in [4.78, 5) is 6.55. The smallest absolute Gasteiger partial charge is 0.239 e. The minimum absolute atomic E-state index is 0.300. The molecule has 0 aliphatic carbocycles. The summed E-state index contributed by atoms with van der Waals surface area (Å²) in [6, 6.07) is 3.99. The summed E-state index contributed by atoms with van der Waals surface area (Å²) in [7, 11) is 4.09. The average Bonchev–Trinajstić information content (AvgIpc) is 2.19. The van der Waals surface area contributed by atoms with Gasteiger partial charge in [0.15, 0.2) is 0 Å². The predicted octanol–water partition coefficient (Wildman–Crippen LogP) is 2.20. The zero-order chi connectivity index (χ0) is 14.6. The summed E-state index contributed by atoms with van der Waals surface area (Å²) in [6.45, 7) is 8.97. The van der Waals surface area contributed by atoms with Gasteiger partial charge in [-0.2, -0.15) is 4.98 Å². The molecule has 0 aliphatic rings. The summed E-state index contributed by atoms with van der Waals surface area (Å²) >= 11 is 0. The van der Waals surface area contributed by atoms with E-state index < -0.39 is 0 Å². The van der Waals surface area contributed by atoms with Gasteiger partial charge in [-0.1, -0.05) is 0 Å². The largest absolute Gasteiger partial charge is 0.470 e. The Morgan fingerprint density at radius 2 is 2.00 bits per heavy atom. The summed E-state index contributed by atoms with van der Waals surface area (Å²) in [6.07, 6.45) is 0. The molecule has 0 spiro atoms. The van der Waals surface area contributed by atoms with Crippen molar-refractivity contribution in [1.82, 2.24) is 9.88 Å². The summed E-state index contributed by atoms with van der Waals surface area (Å²) < 4.78 is 5.75. The molecule has 0 radical (unpaired) electrons. The fourth-order valence-corrected chi connectivity index (χ4v) is 1.75. The maximum absolute atomic E-state index is 5.88. The van der Waals surface area contributed by atoms with E-state index in [0.29, 0.717) is 17.6 Å². The van der Waals surface area contributed by atoms with Gasteiger partial charge < -0.3 is 20.7 Å². The van der Waals surface area contributed by atoms with E-state index in [2.05, 4.69) is 22.1 Å². The molecule has 0 bridgehead atoms. The quantitative estimate of drug-likeness (QED) is 0.855. The van der Waals surface area contributed by atoms with E-state index in [0.717, 1.165) is 12.4 Å². The summed E-state index contributed by atoms with van der Waals surface area (Å²) in [5.41, 5.74) is 6.13. The van der Waals surface area contributed by atoms with Crippen LogP contribution >= 0.6 is 0 Å². The molecular weight excluding hydrogens is 240 g/mol. The lowest BCUT2D eigenvalue weighted by molar-refractivity contribution is 0.125. The number of nitrogens with one attached hydrogen (secondary N) is 1. The molecule has 19 heavy (non-hydrogen) atoms. The van der Waals surface area contributed by atoms with Crippen LogP contribution in [0.5, 0.6) is 5.88 Å². The van der Waals surface area contributed by atoms with Crippen LogP contribution in [-0.2, 0) is 0 Å². The molecule has 0 aliphatic heterocycles. The van der Waals surface area contributed by atoms with Gasteiger partial charge in [0.25, 0.3) is 0 Å². The minimum atomic E-state index is -0.311. The molecule has 0 fully saturated rings. The van der Waals surface area contributed by atoms with E-state index in [1.165, 1.54) is 0 Å². The third-order valence-electron chi connectivity index (χ3n) is 2.33. The molecule has 0 aromatic carbocycles. The van der Waals surface area contributed by atoms with Crippen molar-refractivity contribution in [2.45, 2.75) is 39.3 Å². The number of nitrogens with two attached hydrogens (primary N) is 1. The van der Waals surface area contributed by atoms with Gasteiger partial charge in [0.1, 0.15) is 11.4 Å². The Hall–Kier alpha value is -1.49. The lowest BCUT2D eigenvalue weighted by atomic mass is 10.2. The van der Waals surface area contributed by atoms with Gasteiger partial charge in [-0.3, -0.25) is 0 Å². The normalized spacial score (nSPS) is 13.4. The van der Waals surface area contributed by atoms with E-state index in [1.54, 1.807) is 0 Å². The molecule has 1 aromatic heterocycles. The van der Waals surface area contributed by atoms with E-state index in [-0.39, 0.29) is 5.60 Å². The van der Waals surface area contributed by atoms with Crippen LogP contribution in [0.15, 0.2) is 12.1 Å². The van der Waals surface area contributed by atoms with Gasteiger partial charge >= 0.3 is 0 Å². The number of hydrogen-bond donors (Lipinski definition) is 2. The maximum Gasteiger partial charge on any atom is 0.239 e. The number of rotatable bonds is 5. The lowest BCUT2D eigenvalue weighted by Gasteiger charge is -2.23. The summed E-state index contributed by atoms with van der Waals surface area (Å²) in [5, 5.41) is 3.34. The minimum Gasteiger partial charge on any atom is -0.470 e. The molecule has 0 amide bonds. The van der Waals surface area contributed by atoms with Crippen molar-refractivity contribution in [2.24, 2.45) is 0 Å². The Balaban J connectivity index is 2.78. The maximum atomic E-state index is 5.88. The van der Waals surface area contributed by atoms with Crippen molar-refractivity contribution in [3.8, 4) is 5.88 Å². The second-order valence-corrected chi connectivity index (χ2v) is 6.11. The Morgan fingerprint density at radius 1 is 1.37 bits per heavy atom. The van der Waals surface area contributed by atoms with Gasteiger partial charge in [0.2, 0.25) is 5.88 Å². The Labute approximate surface area is 116 Å². The number of nitrogen functional groups attached to an aromatic ring is 1. The number of pyridine rings is 1. The van der Waals surface area contributed by atoms with E-state index >= 15 is 0 Å². The number of ether oxygens (including phenoxy) is 1. The van der Waals surface area contributed by atoms with Crippen molar-refractivity contribution >= 4 is 11.5 Å². The first-order valence-electron chi connectivity index (χ1n) is 6.54. The highest BCUT2D eigenvalue weighted by Crippen LogP contribution is 2.25. The lowest BCUT2D eigenvalue weighted by Crippen LogP contribution is -2.30. The van der Waals surface area contributed by atoms with E-state index in [4.69, 9.17) is 10.5 Å². The van der Waals surface area contributed by atoms with Crippen molar-refractivity contribution in [1.29, 1.82) is 0 Å². The predicted molar refractivity (Wildman–Crippen MR) is 80.7 cm³/mol. The van der Waals surface area contributed by atoms with E-state index in [9.17, 15) is 0 Å². The monoisotopic (exact) mass is 266 g/mol. The molecule has 1 unspecified atom stereocenters. The topological polar surface area (TPSA) is 63.4 Å². The standard InChI is InChI=1S/C14H26N4O/c1-10(9-18(5)6)16-12-8-7-11(15)13(17-12)19-14(2,3)4/h7-8,10H,9,15H2,1-6H3,(H,16,17). The number of nitrogens with zero attached hydrogens (tertiary/aromatic N) is 2. The first-order chi connectivity index (χ1) is 8.67. The Morgan fingerprint density at radius 3 is 2.53 bits per heavy atom. The second-order valence-electron chi connectivity index (χ2n) is 6.11. The first kappa shape index (κ1) is 15.6. The number of aromatic nitrogens is 1. The molecule has 0 saturated heterocycles. The molecular formula is C14H26N4O. The van der Waals surface area contributed by atoms with Crippen LogP contribution in [0, 0.1) is 0 Å². The fourth-order valence-electron chi connectivity index (χ4n) is 1.75. The van der Waals surface area contributed by atoms with Gasteiger partial charge in [-0.05, 0) is 53.9 Å². The second kappa shape index (κ2) is 6.10. The number of likely N-dealkylation sites (N-methyl/N-ethyl adjacent to an activating group) is 1. The van der Waals surface area contributed by atoms with Crippen molar-refractivity contribution in [3.63, 3.8) is 0 Å². The molecule has 108 valence electrons. The van der Waals surface area contributed by atoms with Crippen LogP contribution in [-0.4, -0.2) is 42.2 Å². The Bertz CT molecular complexity index is 412. The van der Waals surface area contributed by atoms with Crippen LogP contribution in [0.25, 0.3) is 0 Å². The SMILES string of the molecule is CC(CN(C)C)Nc1ccc(N)c(OC(C)(C)C)n1. The zero-order valence-corrected chi connectivity index (χ0v) is 12.8. The van der Waals surface area contributed by atoms with Crippen LogP contribution in [0.3, 0.4) is 0 Å². The Kier molecular flexibility index (Phi) is 5.00. The first-order valence-corrected chi connectivity index (χ1v) is 6.54. The average molecular weight is 266 g/mol. The molecule has 0 saturated carbocycles. The van der Waals surface area contributed by atoms with Gasteiger partial charge in [0, 0.05) is 12.6 Å². The van der Waals surface area contributed by atoms with Gasteiger partial charge in [-0.15, -0.1) is 0 Å². The fraction of sp³-hybridized carbons (Fsp3) is 0.643. The van der Waals surface area contributed by atoms with Gasteiger partial charge in [0.05, 0.1) is 5.69 Å². The third kappa shape index (κ3) is 5.79. The third-order valence-corrected chi connectivity index (χ3v) is 2.33. The van der Waals surface area contributed by atoms with Crippen molar-refractivity contribution in [3.05, 3.63) is 12.1 Å². The molecule has 1 heterocycles. The molecule has 5 heteroatoms. The molecule has 1 aromatic rings. The number of anilines is 2. The molecule has 5 nitrogen and oxygen atoms in total. The summed E-state index contributed by atoms with van der Waals surface area (Å²) in [5.74, 6) is 1.26. The van der Waals surface area contributed by atoms with Crippen LogP contribution < -0.4 is 15.8 Å². The zero-order valence-electron chi connectivity index (χ0n) is 12.8.